The summed E-state index contributed by atoms with van der Waals surface area (Å²) in [5.74, 6) is -0.903. The first-order valence-electron chi connectivity index (χ1n) is 4.83. The van der Waals surface area contributed by atoms with Gasteiger partial charge >= 0.3 is 0 Å². The van der Waals surface area contributed by atoms with Crippen LogP contribution >= 0.6 is 0 Å². The Bertz CT molecular complexity index is 220. The van der Waals surface area contributed by atoms with Crippen molar-refractivity contribution in [1.82, 2.24) is 16.0 Å². The number of aliphatic hydroxyl groups is 1. The minimum Gasteiger partial charge on any atom is -0.392 e. The van der Waals surface area contributed by atoms with Crippen LogP contribution in [0.4, 0.5) is 0 Å². The fourth-order valence-corrected chi connectivity index (χ4v) is 1.42. The Morgan fingerprint density at radius 1 is 1.36 bits per heavy atom. The van der Waals surface area contributed by atoms with Gasteiger partial charge in [-0.2, -0.15) is 0 Å². The predicted molar refractivity (Wildman–Crippen MR) is 53.3 cm³/mol. The van der Waals surface area contributed by atoms with E-state index in [2.05, 4.69) is 16.0 Å². The summed E-state index contributed by atoms with van der Waals surface area (Å²) in [5.41, 5.74) is 0. The number of carbonyl (C=O) groups is 1. The van der Waals surface area contributed by atoms with E-state index >= 15 is 0 Å². The maximum Gasteiger partial charge on any atom is 0.228 e. The highest BCUT2D eigenvalue weighted by atomic mass is 16.3. The predicted octanol–water partition coefficient (Wildman–Crippen LogP) is -1.16. The van der Waals surface area contributed by atoms with Crippen LogP contribution in [0.5, 0.6) is 0 Å². The van der Waals surface area contributed by atoms with Gasteiger partial charge in [-0.3, -0.25) is 15.4 Å². The summed E-state index contributed by atoms with van der Waals surface area (Å²) < 4.78 is 0. The normalized spacial score (nSPS) is 31.4. The number of rotatable bonds is 4. The van der Waals surface area contributed by atoms with Crippen molar-refractivity contribution in [2.45, 2.75) is 25.7 Å². The highest BCUT2D eigenvalue weighted by Gasteiger charge is 2.51. The van der Waals surface area contributed by atoms with Gasteiger partial charge in [0.1, 0.15) is 5.79 Å². The summed E-state index contributed by atoms with van der Waals surface area (Å²) in [6.07, 6.45) is -0.479. The van der Waals surface area contributed by atoms with E-state index in [0.29, 0.717) is 0 Å². The van der Waals surface area contributed by atoms with Gasteiger partial charge in [0.25, 0.3) is 0 Å². The summed E-state index contributed by atoms with van der Waals surface area (Å²) in [4.78, 5) is 11.6. The summed E-state index contributed by atoms with van der Waals surface area (Å²) in [5, 5.41) is 18.0. The maximum absolute atomic E-state index is 11.6. The van der Waals surface area contributed by atoms with Crippen LogP contribution in [-0.2, 0) is 4.79 Å². The van der Waals surface area contributed by atoms with Gasteiger partial charge < -0.3 is 10.4 Å². The Balaban J connectivity index is 2.48. The van der Waals surface area contributed by atoms with E-state index in [4.69, 9.17) is 0 Å². The van der Waals surface area contributed by atoms with Crippen molar-refractivity contribution >= 4 is 5.91 Å². The fourth-order valence-electron chi connectivity index (χ4n) is 1.42. The Hall–Kier alpha value is -0.650. The van der Waals surface area contributed by atoms with Gasteiger partial charge in [0.2, 0.25) is 5.91 Å². The highest BCUT2D eigenvalue weighted by Crippen LogP contribution is 2.38. The van der Waals surface area contributed by atoms with E-state index < -0.39 is 11.9 Å². The zero-order chi connectivity index (χ0) is 10.9. The van der Waals surface area contributed by atoms with Crippen molar-refractivity contribution < 1.29 is 9.90 Å². The summed E-state index contributed by atoms with van der Waals surface area (Å²) in [7, 11) is 3.51. The summed E-state index contributed by atoms with van der Waals surface area (Å²) in [6.45, 7) is 3.69. The molecular weight excluding hydrogens is 182 g/mol. The third-order valence-corrected chi connectivity index (χ3v) is 3.01. The van der Waals surface area contributed by atoms with Crippen LogP contribution in [0.1, 0.15) is 13.8 Å². The third kappa shape index (κ3) is 2.05. The van der Waals surface area contributed by atoms with Crippen molar-refractivity contribution in [2.24, 2.45) is 11.8 Å². The van der Waals surface area contributed by atoms with Gasteiger partial charge in [0, 0.05) is 0 Å². The molecule has 0 bridgehead atoms. The van der Waals surface area contributed by atoms with E-state index in [1.165, 1.54) is 0 Å². The van der Waals surface area contributed by atoms with Crippen LogP contribution < -0.4 is 16.0 Å². The molecule has 5 nitrogen and oxygen atoms in total. The molecule has 5 heteroatoms. The standard InChI is InChI=1S/C9H19N3O2/c1-5-6(7(5)13)8(14)12-9(2,10-3)11-4/h5-7,10-11,13H,1-4H3,(H,12,14). The Morgan fingerprint density at radius 3 is 2.07 bits per heavy atom. The number of nitrogens with one attached hydrogen (secondary N) is 3. The van der Waals surface area contributed by atoms with Crippen molar-refractivity contribution in [3.8, 4) is 0 Å². The quantitative estimate of drug-likeness (QED) is 0.433. The summed E-state index contributed by atoms with van der Waals surface area (Å²) in [6, 6.07) is 0. The molecule has 1 fully saturated rings. The van der Waals surface area contributed by atoms with E-state index in [0.717, 1.165) is 0 Å². The maximum atomic E-state index is 11.6. The monoisotopic (exact) mass is 201 g/mol. The largest absolute Gasteiger partial charge is 0.392 e. The molecule has 0 heterocycles. The number of hydrogen-bond donors (Lipinski definition) is 4. The van der Waals surface area contributed by atoms with Crippen LogP contribution in [-0.4, -0.2) is 37.0 Å². The summed E-state index contributed by atoms with van der Waals surface area (Å²) >= 11 is 0. The molecule has 1 amide bonds. The van der Waals surface area contributed by atoms with E-state index in [1.54, 1.807) is 14.1 Å². The molecule has 3 atom stereocenters. The average Bonchev–Trinajstić information content (AvgIpc) is 2.74. The van der Waals surface area contributed by atoms with Crippen molar-refractivity contribution in [2.75, 3.05) is 14.1 Å². The van der Waals surface area contributed by atoms with Gasteiger partial charge in [0.05, 0.1) is 12.0 Å². The first-order chi connectivity index (χ1) is 6.45. The second-order valence-electron chi connectivity index (χ2n) is 3.99. The molecule has 0 aliphatic heterocycles. The smallest absolute Gasteiger partial charge is 0.228 e. The molecule has 82 valence electrons. The molecule has 0 aromatic rings. The first kappa shape index (κ1) is 11.4. The fraction of sp³-hybridized carbons (Fsp3) is 0.889. The number of aliphatic hydroxyl groups excluding tert-OH is 1. The van der Waals surface area contributed by atoms with Crippen LogP contribution in [0.3, 0.4) is 0 Å². The first-order valence-corrected chi connectivity index (χ1v) is 4.83. The molecule has 4 N–H and O–H groups in total. The SMILES string of the molecule is CNC(C)(NC)NC(=O)C1C(C)C1O. The molecular formula is C9H19N3O2. The molecule has 3 unspecified atom stereocenters. The minimum atomic E-state index is -0.612. The van der Waals surface area contributed by atoms with Gasteiger partial charge in [-0.15, -0.1) is 0 Å². The van der Waals surface area contributed by atoms with Gasteiger partial charge in [0.15, 0.2) is 0 Å². The Labute approximate surface area is 84.3 Å². The molecule has 1 saturated carbocycles. The lowest BCUT2D eigenvalue weighted by Gasteiger charge is -2.29. The van der Waals surface area contributed by atoms with Crippen LogP contribution in [0.15, 0.2) is 0 Å². The van der Waals surface area contributed by atoms with Gasteiger partial charge in [-0.1, -0.05) is 6.92 Å². The minimum absolute atomic E-state index is 0.0768. The zero-order valence-corrected chi connectivity index (χ0v) is 9.09. The lowest BCUT2D eigenvalue weighted by atomic mass is 10.3. The van der Waals surface area contributed by atoms with Crippen molar-refractivity contribution in [1.29, 1.82) is 0 Å². The lowest BCUT2D eigenvalue weighted by Crippen LogP contribution is -2.64. The average molecular weight is 201 g/mol. The van der Waals surface area contributed by atoms with Crippen LogP contribution in [0.25, 0.3) is 0 Å². The molecule has 1 rings (SSSR count). The second kappa shape index (κ2) is 3.84. The Kier molecular flexibility index (Phi) is 3.14. The topological polar surface area (TPSA) is 73.4 Å². The molecule has 1 aliphatic rings. The highest BCUT2D eigenvalue weighted by molar-refractivity contribution is 5.83. The van der Waals surface area contributed by atoms with Crippen molar-refractivity contribution in [3.05, 3.63) is 0 Å². The molecule has 1 aliphatic carbocycles. The second-order valence-corrected chi connectivity index (χ2v) is 3.99. The number of hydrogen-bond acceptors (Lipinski definition) is 4. The molecule has 0 spiro atoms. The molecule has 14 heavy (non-hydrogen) atoms. The van der Waals surface area contributed by atoms with E-state index in [-0.39, 0.29) is 17.7 Å². The molecule has 0 saturated heterocycles. The molecule has 0 aromatic carbocycles. The van der Waals surface area contributed by atoms with E-state index in [9.17, 15) is 9.90 Å². The van der Waals surface area contributed by atoms with Gasteiger partial charge in [-0.25, -0.2) is 0 Å². The number of amides is 1. The molecule has 0 aromatic heterocycles. The van der Waals surface area contributed by atoms with E-state index in [1.807, 2.05) is 13.8 Å². The zero-order valence-electron chi connectivity index (χ0n) is 9.09. The van der Waals surface area contributed by atoms with Gasteiger partial charge in [-0.05, 0) is 26.9 Å². The third-order valence-electron chi connectivity index (χ3n) is 3.01. The van der Waals surface area contributed by atoms with Crippen LogP contribution in [0, 0.1) is 11.8 Å². The van der Waals surface area contributed by atoms with Crippen LogP contribution in [0.2, 0.25) is 0 Å². The number of carbonyl (C=O) groups excluding carboxylic acids is 1. The lowest BCUT2D eigenvalue weighted by molar-refractivity contribution is -0.125. The Morgan fingerprint density at radius 2 is 1.79 bits per heavy atom. The molecule has 0 radical (unpaired) electrons. The van der Waals surface area contributed by atoms with Crippen molar-refractivity contribution in [3.63, 3.8) is 0 Å².